The van der Waals surface area contributed by atoms with Crippen molar-refractivity contribution < 1.29 is 4.79 Å². The standard InChI is InChI=1S/C19H22N2O/c22-19(17-10-7-13-20-14-17)21(18-11-5-2-6-12-18)15-16-8-3-1-4-9-16/h1-6,8-9,11-12,17,20H,7,10,13-15H2/t17-/m1/s1. The number of amides is 1. The Morgan fingerprint density at radius 1 is 1.05 bits per heavy atom. The van der Waals surface area contributed by atoms with Crippen LogP contribution >= 0.6 is 0 Å². The van der Waals surface area contributed by atoms with Crippen LogP contribution in [0.1, 0.15) is 18.4 Å². The number of hydrogen-bond acceptors (Lipinski definition) is 2. The molecule has 1 saturated heterocycles. The van der Waals surface area contributed by atoms with Gasteiger partial charge in [0.05, 0.1) is 12.5 Å². The molecule has 0 bridgehead atoms. The normalized spacial score (nSPS) is 17.9. The van der Waals surface area contributed by atoms with E-state index in [9.17, 15) is 4.79 Å². The number of nitrogens with one attached hydrogen (secondary N) is 1. The molecule has 1 amide bonds. The SMILES string of the molecule is O=C([C@@H]1CCCNC1)N(Cc1ccccc1)c1ccccc1. The highest BCUT2D eigenvalue weighted by Crippen LogP contribution is 2.22. The third-order valence-corrected chi connectivity index (χ3v) is 4.16. The molecule has 0 aromatic heterocycles. The van der Waals surface area contributed by atoms with Crippen LogP contribution in [0.25, 0.3) is 0 Å². The highest BCUT2D eigenvalue weighted by atomic mass is 16.2. The van der Waals surface area contributed by atoms with E-state index in [0.717, 1.165) is 37.2 Å². The zero-order valence-corrected chi connectivity index (χ0v) is 12.7. The number of rotatable bonds is 4. The summed E-state index contributed by atoms with van der Waals surface area (Å²) in [5, 5.41) is 3.34. The molecule has 0 spiro atoms. The average Bonchev–Trinajstić information content (AvgIpc) is 2.61. The molecule has 22 heavy (non-hydrogen) atoms. The first kappa shape index (κ1) is 14.8. The largest absolute Gasteiger partial charge is 0.316 e. The molecule has 1 aliphatic rings. The Morgan fingerprint density at radius 3 is 2.36 bits per heavy atom. The fourth-order valence-electron chi connectivity index (χ4n) is 2.95. The molecule has 3 heteroatoms. The smallest absolute Gasteiger partial charge is 0.231 e. The molecular formula is C19H22N2O. The van der Waals surface area contributed by atoms with Crippen molar-refractivity contribution in [2.75, 3.05) is 18.0 Å². The molecule has 0 saturated carbocycles. The summed E-state index contributed by atoms with van der Waals surface area (Å²) in [6, 6.07) is 20.2. The van der Waals surface area contributed by atoms with Crippen molar-refractivity contribution in [1.82, 2.24) is 5.32 Å². The molecule has 2 aromatic rings. The number of anilines is 1. The minimum Gasteiger partial charge on any atom is -0.316 e. The number of carbonyl (C=O) groups is 1. The fourth-order valence-corrected chi connectivity index (χ4v) is 2.95. The second-order valence-corrected chi connectivity index (χ2v) is 5.79. The quantitative estimate of drug-likeness (QED) is 0.939. The maximum absolute atomic E-state index is 13.0. The van der Waals surface area contributed by atoms with E-state index in [1.807, 2.05) is 53.4 Å². The summed E-state index contributed by atoms with van der Waals surface area (Å²) in [5.41, 5.74) is 2.13. The van der Waals surface area contributed by atoms with Gasteiger partial charge in [-0.2, -0.15) is 0 Å². The Balaban J connectivity index is 1.84. The molecule has 1 aliphatic heterocycles. The van der Waals surface area contributed by atoms with Crippen LogP contribution in [0.4, 0.5) is 5.69 Å². The summed E-state index contributed by atoms with van der Waals surface area (Å²) in [4.78, 5) is 14.9. The first-order valence-corrected chi connectivity index (χ1v) is 7.95. The summed E-state index contributed by atoms with van der Waals surface area (Å²) < 4.78 is 0. The summed E-state index contributed by atoms with van der Waals surface area (Å²) in [5.74, 6) is 0.305. The molecule has 0 unspecified atom stereocenters. The van der Waals surface area contributed by atoms with Gasteiger partial charge < -0.3 is 10.2 Å². The van der Waals surface area contributed by atoms with E-state index in [1.54, 1.807) is 0 Å². The minimum absolute atomic E-state index is 0.0812. The molecule has 3 rings (SSSR count). The molecule has 1 fully saturated rings. The van der Waals surface area contributed by atoms with Gasteiger partial charge in [-0.3, -0.25) is 4.79 Å². The maximum atomic E-state index is 13.0. The zero-order chi connectivity index (χ0) is 15.2. The highest BCUT2D eigenvalue weighted by Gasteiger charge is 2.26. The van der Waals surface area contributed by atoms with E-state index in [2.05, 4.69) is 17.4 Å². The van der Waals surface area contributed by atoms with E-state index in [4.69, 9.17) is 0 Å². The summed E-state index contributed by atoms with van der Waals surface area (Å²) in [7, 11) is 0. The molecular weight excluding hydrogens is 272 g/mol. The second-order valence-electron chi connectivity index (χ2n) is 5.79. The molecule has 1 atom stereocenters. The van der Waals surface area contributed by atoms with Gasteiger partial charge in [-0.05, 0) is 37.1 Å². The van der Waals surface area contributed by atoms with E-state index in [0.29, 0.717) is 6.54 Å². The Bertz CT molecular complexity index is 591. The topological polar surface area (TPSA) is 32.3 Å². The van der Waals surface area contributed by atoms with Crippen LogP contribution in [0.2, 0.25) is 0 Å². The van der Waals surface area contributed by atoms with Crippen molar-refractivity contribution in [2.24, 2.45) is 5.92 Å². The molecule has 0 aliphatic carbocycles. The zero-order valence-electron chi connectivity index (χ0n) is 12.7. The van der Waals surface area contributed by atoms with Gasteiger partial charge in [0.15, 0.2) is 0 Å². The predicted octanol–water partition coefficient (Wildman–Crippen LogP) is 3.22. The monoisotopic (exact) mass is 294 g/mol. The lowest BCUT2D eigenvalue weighted by Crippen LogP contribution is -2.42. The van der Waals surface area contributed by atoms with Crippen LogP contribution in [-0.4, -0.2) is 19.0 Å². The van der Waals surface area contributed by atoms with E-state index >= 15 is 0 Å². The lowest BCUT2D eigenvalue weighted by atomic mass is 9.97. The number of piperidine rings is 1. The lowest BCUT2D eigenvalue weighted by Gasteiger charge is -2.30. The molecule has 1 N–H and O–H groups in total. The molecule has 0 radical (unpaired) electrons. The summed E-state index contributed by atoms with van der Waals surface area (Å²) >= 11 is 0. The Labute approximate surface area is 132 Å². The van der Waals surface area contributed by atoms with Gasteiger partial charge in [0, 0.05) is 12.2 Å². The highest BCUT2D eigenvalue weighted by molar-refractivity contribution is 5.95. The Hall–Kier alpha value is -2.13. The van der Waals surface area contributed by atoms with Gasteiger partial charge in [-0.1, -0.05) is 48.5 Å². The number of nitrogens with zero attached hydrogens (tertiary/aromatic N) is 1. The third kappa shape index (κ3) is 3.55. The predicted molar refractivity (Wildman–Crippen MR) is 89.7 cm³/mol. The van der Waals surface area contributed by atoms with Gasteiger partial charge in [0.1, 0.15) is 0 Å². The van der Waals surface area contributed by atoms with Gasteiger partial charge in [0.2, 0.25) is 5.91 Å². The second kappa shape index (κ2) is 7.23. The van der Waals surface area contributed by atoms with Crippen LogP contribution in [0.15, 0.2) is 60.7 Å². The molecule has 1 heterocycles. The number of para-hydroxylation sites is 1. The maximum Gasteiger partial charge on any atom is 0.231 e. The summed E-state index contributed by atoms with van der Waals surface area (Å²) in [6.07, 6.45) is 2.05. The van der Waals surface area contributed by atoms with E-state index in [1.165, 1.54) is 0 Å². The van der Waals surface area contributed by atoms with E-state index in [-0.39, 0.29) is 11.8 Å². The van der Waals surface area contributed by atoms with Gasteiger partial charge in [0.25, 0.3) is 0 Å². The number of carbonyl (C=O) groups excluding carboxylic acids is 1. The van der Waals surface area contributed by atoms with Crippen molar-refractivity contribution >= 4 is 11.6 Å². The van der Waals surface area contributed by atoms with Crippen molar-refractivity contribution in [3.05, 3.63) is 66.2 Å². The fraction of sp³-hybridized carbons (Fsp3) is 0.316. The van der Waals surface area contributed by atoms with Crippen LogP contribution < -0.4 is 10.2 Å². The first-order valence-electron chi connectivity index (χ1n) is 7.95. The van der Waals surface area contributed by atoms with Crippen LogP contribution in [0.3, 0.4) is 0 Å². The Kier molecular flexibility index (Phi) is 4.86. The first-order chi connectivity index (χ1) is 10.8. The van der Waals surface area contributed by atoms with Crippen LogP contribution in [0.5, 0.6) is 0 Å². The number of hydrogen-bond donors (Lipinski definition) is 1. The molecule has 3 nitrogen and oxygen atoms in total. The average molecular weight is 294 g/mol. The third-order valence-electron chi connectivity index (χ3n) is 4.16. The molecule has 2 aromatic carbocycles. The van der Waals surface area contributed by atoms with Gasteiger partial charge >= 0.3 is 0 Å². The van der Waals surface area contributed by atoms with Crippen LogP contribution in [-0.2, 0) is 11.3 Å². The molecule has 114 valence electrons. The summed E-state index contributed by atoms with van der Waals surface area (Å²) in [6.45, 7) is 2.44. The van der Waals surface area contributed by atoms with Gasteiger partial charge in [-0.15, -0.1) is 0 Å². The van der Waals surface area contributed by atoms with Gasteiger partial charge in [-0.25, -0.2) is 0 Å². The minimum atomic E-state index is 0.0812. The van der Waals surface area contributed by atoms with Crippen molar-refractivity contribution in [1.29, 1.82) is 0 Å². The van der Waals surface area contributed by atoms with Crippen molar-refractivity contribution in [2.45, 2.75) is 19.4 Å². The van der Waals surface area contributed by atoms with Crippen molar-refractivity contribution in [3.8, 4) is 0 Å². The number of benzene rings is 2. The Morgan fingerprint density at radius 2 is 1.73 bits per heavy atom. The lowest BCUT2D eigenvalue weighted by molar-refractivity contribution is -0.123. The van der Waals surface area contributed by atoms with Crippen molar-refractivity contribution in [3.63, 3.8) is 0 Å². The van der Waals surface area contributed by atoms with E-state index < -0.39 is 0 Å². The van der Waals surface area contributed by atoms with Crippen LogP contribution in [0, 0.1) is 5.92 Å².